The van der Waals surface area contributed by atoms with Crippen LogP contribution in [-0.2, 0) is 11.2 Å². The number of nitrogens with two attached hydrogens (primary N) is 1. The zero-order valence-corrected chi connectivity index (χ0v) is 12.8. The molecule has 0 aliphatic carbocycles. The second-order valence-corrected chi connectivity index (χ2v) is 5.66. The number of morpholine rings is 1. The molecular weight excluding hydrogens is 308 g/mol. The predicted molar refractivity (Wildman–Crippen MR) is 78.6 cm³/mol. The minimum atomic E-state index is 0.0861. The third-order valence-electron chi connectivity index (χ3n) is 3.51. The second kappa shape index (κ2) is 7.31. The van der Waals surface area contributed by atoms with Crippen molar-refractivity contribution in [2.24, 2.45) is 5.84 Å². The zero-order valence-electron chi connectivity index (χ0n) is 11.2. The van der Waals surface area contributed by atoms with Crippen LogP contribution in [0.15, 0.2) is 22.8 Å². The smallest absolute Gasteiger partial charge is 0.0872 e. The molecule has 6 heteroatoms. The van der Waals surface area contributed by atoms with Crippen LogP contribution in [0, 0.1) is 0 Å². The van der Waals surface area contributed by atoms with Crippen molar-refractivity contribution in [1.29, 1.82) is 0 Å². The van der Waals surface area contributed by atoms with E-state index in [0.717, 1.165) is 42.8 Å². The van der Waals surface area contributed by atoms with E-state index in [1.54, 1.807) is 0 Å². The average Bonchev–Trinajstić information content (AvgIpc) is 2.46. The summed E-state index contributed by atoms with van der Waals surface area (Å²) in [6.07, 6.45) is 2.69. The van der Waals surface area contributed by atoms with Gasteiger partial charge in [-0.2, -0.15) is 0 Å². The Balaban J connectivity index is 1.97. The number of rotatable bonds is 5. The summed E-state index contributed by atoms with van der Waals surface area (Å²) in [5.41, 5.74) is 3.89. The Kier molecular flexibility index (Phi) is 5.72. The topological polar surface area (TPSA) is 63.4 Å². The highest BCUT2D eigenvalue weighted by Gasteiger charge is 2.27. The van der Waals surface area contributed by atoms with Gasteiger partial charge in [0.1, 0.15) is 0 Å². The zero-order chi connectivity index (χ0) is 13.7. The van der Waals surface area contributed by atoms with Crippen molar-refractivity contribution in [3.8, 4) is 0 Å². The number of hydrogen-bond acceptors (Lipinski definition) is 5. The number of nitrogens with one attached hydrogen (secondary N) is 1. The van der Waals surface area contributed by atoms with Gasteiger partial charge in [-0.3, -0.25) is 21.2 Å². The minimum absolute atomic E-state index is 0.0861. The molecule has 2 unspecified atom stereocenters. The molecule has 1 aromatic rings. The Morgan fingerprint density at radius 1 is 1.63 bits per heavy atom. The summed E-state index contributed by atoms with van der Waals surface area (Å²) in [5.74, 6) is 5.68. The van der Waals surface area contributed by atoms with Gasteiger partial charge in [0.05, 0.1) is 18.8 Å². The van der Waals surface area contributed by atoms with Crippen LogP contribution >= 0.6 is 15.9 Å². The van der Waals surface area contributed by atoms with Gasteiger partial charge in [-0.1, -0.05) is 6.92 Å². The van der Waals surface area contributed by atoms with Gasteiger partial charge in [0.2, 0.25) is 0 Å². The van der Waals surface area contributed by atoms with Gasteiger partial charge in [-0.15, -0.1) is 0 Å². The molecular formula is C13H21BrN4O. The molecule has 5 nitrogen and oxygen atoms in total. The molecule has 0 radical (unpaired) electrons. The van der Waals surface area contributed by atoms with Gasteiger partial charge in [0, 0.05) is 35.9 Å². The lowest BCUT2D eigenvalue weighted by molar-refractivity contribution is -0.0449. The molecule has 2 atom stereocenters. The molecule has 3 N–H and O–H groups in total. The van der Waals surface area contributed by atoms with Crippen LogP contribution in [0.4, 0.5) is 0 Å². The van der Waals surface area contributed by atoms with Crippen LogP contribution in [0.5, 0.6) is 0 Å². The highest BCUT2D eigenvalue weighted by Crippen LogP contribution is 2.13. The highest BCUT2D eigenvalue weighted by molar-refractivity contribution is 9.10. The summed E-state index contributed by atoms with van der Waals surface area (Å²) in [4.78, 5) is 6.77. The second-order valence-electron chi connectivity index (χ2n) is 4.75. The third-order valence-corrected chi connectivity index (χ3v) is 3.97. The summed E-state index contributed by atoms with van der Waals surface area (Å²) < 4.78 is 6.82. The number of hydrogen-bond donors (Lipinski definition) is 2. The van der Waals surface area contributed by atoms with Crippen molar-refractivity contribution in [2.45, 2.75) is 25.5 Å². The first-order chi connectivity index (χ1) is 9.22. The van der Waals surface area contributed by atoms with E-state index in [1.165, 1.54) is 0 Å². The molecule has 0 spiro atoms. The van der Waals surface area contributed by atoms with Crippen molar-refractivity contribution < 1.29 is 4.74 Å². The molecule has 19 heavy (non-hydrogen) atoms. The highest BCUT2D eigenvalue weighted by atomic mass is 79.9. The first-order valence-electron chi connectivity index (χ1n) is 6.63. The maximum Gasteiger partial charge on any atom is 0.0872 e. The molecule has 106 valence electrons. The maximum atomic E-state index is 5.84. The lowest BCUT2D eigenvalue weighted by Gasteiger charge is -2.36. The number of likely N-dealkylation sites (N-methyl/N-ethyl adjacent to an activating group) is 1. The van der Waals surface area contributed by atoms with E-state index in [-0.39, 0.29) is 12.1 Å². The van der Waals surface area contributed by atoms with E-state index in [2.05, 4.69) is 38.2 Å². The number of ether oxygens (including phenoxy) is 1. The maximum absolute atomic E-state index is 5.84. The Morgan fingerprint density at radius 2 is 2.47 bits per heavy atom. The number of halogens is 1. The predicted octanol–water partition coefficient (Wildman–Crippen LogP) is 0.939. The van der Waals surface area contributed by atoms with E-state index >= 15 is 0 Å². The van der Waals surface area contributed by atoms with Crippen LogP contribution < -0.4 is 11.3 Å². The fourth-order valence-corrected chi connectivity index (χ4v) is 2.55. The van der Waals surface area contributed by atoms with Gasteiger partial charge < -0.3 is 4.74 Å². The molecule has 2 rings (SSSR count). The summed E-state index contributed by atoms with van der Waals surface area (Å²) in [6, 6.07) is 4.09. The van der Waals surface area contributed by atoms with Crippen LogP contribution in [-0.4, -0.2) is 48.3 Å². The van der Waals surface area contributed by atoms with E-state index < -0.39 is 0 Å². The van der Waals surface area contributed by atoms with Gasteiger partial charge in [0.15, 0.2) is 0 Å². The number of hydrazine groups is 1. The fraction of sp³-hybridized carbons (Fsp3) is 0.615. The van der Waals surface area contributed by atoms with E-state index in [1.807, 2.05) is 18.3 Å². The lowest BCUT2D eigenvalue weighted by atomic mass is 10.0. The van der Waals surface area contributed by atoms with Crippen molar-refractivity contribution in [3.63, 3.8) is 0 Å². The van der Waals surface area contributed by atoms with Crippen LogP contribution in [0.2, 0.25) is 0 Å². The van der Waals surface area contributed by atoms with Crippen molar-refractivity contribution >= 4 is 15.9 Å². The summed E-state index contributed by atoms with van der Waals surface area (Å²) >= 11 is 3.39. The van der Waals surface area contributed by atoms with Gasteiger partial charge in [-0.25, -0.2) is 0 Å². The van der Waals surface area contributed by atoms with Crippen molar-refractivity contribution in [2.75, 3.05) is 26.2 Å². The number of pyridine rings is 1. The lowest BCUT2D eigenvalue weighted by Crippen LogP contribution is -2.54. The van der Waals surface area contributed by atoms with Gasteiger partial charge >= 0.3 is 0 Å². The van der Waals surface area contributed by atoms with E-state index in [0.29, 0.717) is 0 Å². The van der Waals surface area contributed by atoms with Crippen molar-refractivity contribution in [1.82, 2.24) is 15.3 Å². The number of nitrogens with zero attached hydrogens (tertiary/aromatic N) is 2. The summed E-state index contributed by atoms with van der Waals surface area (Å²) in [6.45, 7) is 5.91. The minimum Gasteiger partial charge on any atom is -0.374 e. The Morgan fingerprint density at radius 3 is 3.11 bits per heavy atom. The largest absolute Gasteiger partial charge is 0.374 e. The van der Waals surface area contributed by atoms with Crippen LogP contribution in [0.1, 0.15) is 12.6 Å². The molecule has 0 saturated carbocycles. The number of aromatic nitrogens is 1. The summed E-state index contributed by atoms with van der Waals surface area (Å²) in [5, 5.41) is 0. The Bertz CT molecular complexity index is 387. The third kappa shape index (κ3) is 4.22. The average molecular weight is 329 g/mol. The standard InChI is InChI=1S/C13H21BrN4O/c1-2-18-5-6-19-13(9-18)12(17-15)7-11-4-3-10(14)8-16-11/h3-4,8,12-13,17H,2,5-7,9,15H2,1H3. The van der Waals surface area contributed by atoms with Crippen LogP contribution in [0.25, 0.3) is 0 Å². The Hall–Kier alpha value is -0.530. The molecule has 1 fully saturated rings. The molecule has 2 heterocycles. The molecule has 1 aliphatic heterocycles. The van der Waals surface area contributed by atoms with E-state index in [4.69, 9.17) is 10.6 Å². The SMILES string of the molecule is CCN1CCOC(C(Cc2ccc(Br)cn2)NN)C1. The van der Waals surface area contributed by atoms with E-state index in [9.17, 15) is 0 Å². The summed E-state index contributed by atoms with van der Waals surface area (Å²) in [7, 11) is 0. The quantitative estimate of drug-likeness (QED) is 0.622. The monoisotopic (exact) mass is 328 g/mol. The fourth-order valence-electron chi connectivity index (χ4n) is 2.31. The molecule has 1 saturated heterocycles. The van der Waals surface area contributed by atoms with Crippen molar-refractivity contribution in [3.05, 3.63) is 28.5 Å². The molecule has 1 aromatic heterocycles. The first kappa shape index (κ1) is 14.9. The molecule has 0 aromatic carbocycles. The van der Waals surface area contributed by atoms with Gasteiger partial charge in [0.25, 0.3) is 0 Å². The Labute approximate surface area is 122 Å². The van der Waals surface area contributed by atoms with Gasteiger partial charge in [-0.05, 0) is 34.6 Å². The first-order valence-corrected chi connectivity index (χ1v) is 7.42. The van der Waals surface area contributed by atoms with Crippen LogP contribution in [0.3, 0.4) is 0 Å². The molecule has 0 bridgehead atoms. The molecule has 0 amide bonds. The normalized spacial score (nSPS) is 22.4. The molecule has 1 aliphatic rings.